The SMILES string of the molecule is CC(C)/C=C/COCCNC(=O)COCCOC(N)COc1cccc(C(=O)NCCNC(C)C)c1. The van der Waals surface area contributed by atoms with Crippen molar-refractivity contribution in [3.05, 3.63) is 42.0 Å². The quantitative estimate of drug-likeness (QED) is 0.118. The molecule has 0 spiro atoms. The fourth-order valence-electron chi connectivity index (χ4n) is 2.81. The molecule has 10 heteroatoms. The van der Waals surface area contributed by atoms with Crippen LogP contribution in [0.4, 0.5) is 0 Å². The molecule has 36 heavy (non-hydrogen) atoms. The van der Waals surface area contributed by atoms with Crippen molar-refractivity contribution in [1.82, 2.24) is 16.0 Å². The molecule has 0 aliphatic heterocycles. The molecule has 0 aromatic heterocycles. The second-order valence-corrected chi connectivity index (χ2v) is 8.76. The van der Waals surface area contributed by atoms with Gasteiger partial charge in [-0.25, -0.2) is 0 Å². The van der Waals surface area contributed by atoms with E-state index >= 15 is 0 Å². The average molecular weight is 509 g/mol. The van der Waals surface area contributed by atoms with Crippen molar-refractivity contribution < 1.29 is 28.5 Å². The van der Waals surface area contributed by atoms with Crippen LogP contribution >= 0.6 is 0 Å². The molecule has 5 N–H and O–H groups in total. The summed E-state index contributed by atoms with van der Waals surface area (Å²) in [5, 5.41) is 8.83. The Morgan fingerprint density at radius 1 is 1.00 bits per heavy atom. The van der Waals surface area contributed by atoms with Gasteiger partial charge >= 0.3 is 0 Å². The molecular weight excluding hydrogens is 464 g/mol. The van der Waals surface area contributed by atoms with Crippen molar-refractivity contribution in [1.29, 1.82) is 0 Å². The average Bonchev–Trinajstić information content (AvgIpc) is 2.84. The summed E-state index contributed by atoms with van der Waals surface area (Å²) in [5.41, 5.74) is 6.42. The summed E-state index contributed by atoms with van der Waals surface area (Å²) in [4.78, 5) is 24.0. The predicted octanol–water partition coefficient (Wildman–Crippen LogP) is 1.46. The summed E-state index contributed by atoms with van der Waals surface area (Å²) in [5.74, 6) is 0.633. The molecule has 0 radical (unpaired) electrons. The second kappa shape index (κ2) is 19.7. The third-order valence-electron chi connectivity index (χ3n) is 4.57. The summed E-state index contributed by atoms with van der Waals surface area (Å²) < 4.78 is 21.8. The Morgan fingerprint density at radius 3 is 2.56 bits per heavy atom. The van der Waals surface area contributed by atoms with Crippen molar-refractivity contribution >= 4 is 11.8 Å². The molecule has 0 saturated heterocycles. The van der Waals surface area contributed by atoms with Gasteiger partial charge in [0.1, 0.15) is 25.2 Å². The minimum atomic E-state index is -0.677. The normalized spacial score (nSPS) is 12.3. The van der Waals surface area contributed by atoms with Crippen LogP contribution in [0.1, 0.15) is 38.1 Å². The molecule has 1 aromatic carbocycles. The molecule has 0 aliphatic carbocycles. The van der Waals surface area contributed by atoms with Gasteiger partial charge in [-0.1, -0.05) is 45.9 Å². The molecule has 1 atom stereocenters. The number of nitrogens with one attached hydrogen (secondary N) is 3. The maximum Gasteiger partial charge on any atom is 0.251 e. The number of hydrogen-bond acceptors (Lipinski definition) is 8. The first-order valence-electron chi connectivity index (χ1n) is 12.5. The van der Waals surface area contributed by atoms with Crippen LogP contribution in [-0.4, -0.2) is 83.4 Å². The van der Waals surface area contributed by atoms with Gasteiger partial charge in [-0.3, -0.25) is 9.59 Å². The Bertz CT molecular complexity index is 773. The summed E-state index contributed by atoms with van der Waals surface area (Å²) in [6.45, 7) is 11.4. The number of nitrogens with two attached hydrogens (primary N) is 1. The van der Waals surface area contributed by atoms with Gasteiger partial charge in [0.05, 0.1) is 26.4 Å². The van der Waals surface area contributed by atoms with Crippen LogP contribution in [0.25, 0.3) is 0 Å². The topological polar surface area (TPSA) is 133 Å². The third-order valence-corrected chi connectivity index (χ3v) is 4.57. The zero-order valence-corrected chi connectivity index (χ0v) is 22.1. The summed E-state index contributed by atoms with van der Waals surface area (Å²) in [6.07, 6.45) is 3.36. The van der Waals surface area contributed by atoms with Crippen LogP contribution in [0.15, 0.2) is 36.4 Å². The van der Waals surface area contributed by atoms with Crippen molar-refractivity contribution in [2.45, 2.75) is 40.0 Å². The second-order valence-electron chi connectivity index (χ2n) is 8.76. The Labute approximate surface area is 215 Å². The van der Waals surface area contributed by atoms with Crippen LogP contribution < -0.4 is 26.4 Å². The van der Waals surface area contributed by atoms with E-state index in [2.05, 4.69) is 49.7 Å². The Hall–Kier alpha value is -2.50. The molecule has 2 amide bonds. The zero-order valence-electron chi connectivity index (χ0n) is 22.1. The highest BCUT2D eigenvalue weighted by molar-refractivity contribution is 5.94. The lowest BCUT2D eigenvalue weighted by molar-refractivity contribution is -0.126. The van der Waals surface area contributed by atoms with E-state index in [4.69, 9.17) is 24.7 Å². The summed E-state index contributed by atoms with van der Waals surface area (Å²) >= 11 is 0. The summed E-state index contributed by atoms with van der Waals surface area (Å²) in [7, 11) is 0. The third kappa shape index (κ3) is 17.0. The van der Waals surface area contributed by atoms with E-state index < -0.39 is 6.23 Å². The van der Waals surface area contributed by atoms with Gasteiger partial charge < -0.3 is 40.6 Å². The van der Waals surface area contributed by atoms with E-state index in [0.29, 0.717) is 56.1 Å². The van der Waals surface area contributed by atoms with Crippen molar-refractivity contribution in [2.75, 3.05) is 59.3 Å². The Balaban J connectivity index is 2.11. The number of hydrogen-bond donors (Lipinski definition) is 4. The van der Waals surface area contributed by atoms with Gasteiger partial charge in [-0.05, 0) is 24.1 Å². The number of carbonyl (C=O) groups is 2. The number of amides is 2. The van der Waals surface area contributed by atoms with E-state index in [1.807, 2.05) is 6.08 Å². The fourth-order valence-corrected chi connectivity index (χ4v) is 2.81. The predicted molar refractivity (Wildman–Crippen MR) is 140 cm³/mol. The van der Waals surface area contributed by atoms with Crippen LogP contribution in [0, 0.1) is 5.92 Å². The Kier molecular flexibility index (Phi) is 17.2. The smallest absolute Gasteiger partial charge is 0.251 e. The maximum atomic E-state index is 12.3. The molecule has 0 fully saturated rings. The minimum absolute atomic E-state index is 0.0647. The van der Waals surface area contributed by atoms with E-state index in [1.165, 1.54) is 0 Å². The maximum absolute atomic E-state index is 12.3. The van der Waals surface area contributed by atoms with Gasteiger partial charge in [0.25, 0.3) is 5.91 Å². The largest absolute Gasteiger partial charge is 0.489 e. The van der Waals surface area contributed by atoms with Crippen molar-refractivity contribution in [3.63, 3.8) is 0 Å². The van der Waals surface area contributed by atoms with E-state index in [1.54, 1.807) is 24.3 Å². The number of benzene rings is 1. The monoisotopic (exact) mass is 508 g/mol. The first-order chi connectivity index (χ1) is 17.3. The Morgan fingerprint density at radius 2 is 1.81 bits per heavy atom. The molecule has 1 unspecified atom stereocenters. The molecule has 0 heterocycles. The zero-order chi connectivity index (χ0) is 26.6. The van der Waals surface area contributed by atoms with E-state index in [0.717, 1.165) is 0 Å². The highest BCUT2D eigenvalue weighted by Gasteiger charge is 2.09. The van der Waals surface area contributed by atoms with Crippen LogP contribution in [-0.2, 0) is 19.0 Å². The van der Waals surface area contributed by atoms with Crippen LogP contribution in [0.3, 0.4) is 0 Å². The van der Waals surface area contributed by atoms with E-state index in [9.17, 15) is 9.59 Å². The minimum Gasteiger partial charge on any atom is -0.489 e. The molecule has 0 bridgehead atoms. The van der Waals surface area contributed by atoms with Gasteiger partial charge in [0, 0.05) is 31.2 Å². The molecule has 1 rings (SSSR count). The lowest BCUT2D eigenvalue weighted by Gasteiger charge is -2.15. The van der Waals surface area contributed by atoms with Gasteiger partial charge in [0.2, 0.25) is 5.91 Å². The summed E-state index contributed by atoms with van der Waals surface area (Å²) in [6, 6.07) is 7.25. The molecule has 1 aromatic rings. The standard InChI is InChI=1S/C26H44N4O6/c1-20(2)7-6-13-33-14-12-29-25(31)19-34-15-16-35-24(27)18-36-23-9-5-8-22(17-23)26(32)30-11-10-28-21(3)4/h5-9,17,20-21,24,28H,10-16,18-19,27H2,1-4H3,(H,29,31)(H,30,32)/b7-6+. The highest BCUT2D eigenvalue weighted by Crippen LogP contribution is 2.13. The van der Waals surface area contributed by atoms with Crippen LogP contribution in [0.5, 0.6) is 5.75 Å². The van der Waals surface area contributed by atoms with Crippen LogP contribution in [0.2, 0.25) is 0 Å². The van der Waals surface area contributed by atoms with Gasteiger partial charge in [-0.15, -0.1) is 0 Å². The molecule has 10 nitrogen and oxygen atoms in total. The molecule has 0 saturated carbocycles. The first-order valence-corrected chi connectivity index (χ1v) is 12.5. The number of rotatable bonds is 20. The molecule has 0 aliphatic rings. The first kappa shape index (κ1) is 31.5. The van der Waals surface area contributed by atoms with Gasteiger partial charge in [-0.2, -0.15) is 0 Å². The molecule has 204 valence electrons. The lowest BCUT2D eigenvalue weighted by atomic mass is 10.2. The lowest BCUT2D eigenvalue weighted by Crippen LogP contribution is -2.34. The fraction of sp³-hybridized carbons (Fsp3) is 0.615. The number of ether oxygens (including phenoxy) is 4. The van der Waals surface area contributed by atoms with Crippen molar-refractivity contribution in [3.8, 4) is 5.75 Å². The molecular formula is C26H44N4O6. The highest BCUT2D eigenvalue weighted by atomic mass is 16.6. The van der Waals surface area contributed by atoms with Crippen molar-refractivity contribution in [2.24, 2.45) is 11.7 Å². The van der Waals surface area contributed by atoms with E-state index in [-0.39, 0.29) is 38.2 Å². The number of carbonyl (C=O) groups excluding carboxylic acids is 2. The van der Waals surface area contributed by atoms with Gasteiger partial charge in [0.15, 0.2) is 0 Å². The number of allylic oxidation sites excluding steroid dienone is 1.